The Labute approximate surface area is 91.3 Å². The van der Waals surface area contributed by atoms with E-state index in [1.807, 2.05) is 20.0 Å². The molecule has 0 bridgehead atoms. The van der Waals surface area contributed by atoms with Gasteiger partial charge in [-0.2, -0.15) is 0 Å². The maximum atomic E-state index is 4.51. The number of hydrogen-bond acceptors (Lipinski definition) is 3. The van der Waals surface area contributed by atoms with Crippen molar-refractivity contribution in [2.45, 2.75) is 52.0 Å². The first-order chi connectivity index (χ1) is 7.09. The minimum absolute atomic E-state index is 0.229. The topological polar surface area (TPSA) is 37.8 Å². The first kappa shape index (κ1) is 10.4. The number of hydrogen-bond donors (Lipinski definition) is 1. The molecule has 1 saturated carbocycles. The maximum Gasteiger partial charge on any atom is 0.148 e. The Morgan fingerprint density at radius 2 is 1.93 bits per heavy atom. The summed E-state index contributed by atoms with van der Waals surface area (Å²) < 4.78 is 0. The highest BCUT2D eigenvalue weighted by atomic mass is 15.1. The van der Waals surface area contributed by atoms with Gasteiger partial charge in [0.1, 0.15) is 5.82 Å². The second kappa shape index (κ2) is 3.80. The van der Waals surface area contributed by atoms with Crippen molar-refractivity contribution in [1.82, 2.24) is 9.97 Å². The van der Waals surface area contributed by atoms with Crippen molar-refractivity contribution in [2.75, 3.05) is 5.32 Å². The molecule has 1 aromatic rings. The van der Waals surface area contributed by atoms with Crippen LogP contribution in [0, 0.1) is 13.8 Å². The molecule has 0 unspecified atom stereocenters. The van der Waals surface area contributed by atoms with Gasteiger partial charge in [0.05, 0.1) is 11.4 Å². The zero-order valence-corrected chi connectivity index (χ0v) is 9.80. The smallest absolute Gasteiger partial charge is 0.148 e. The molecule has 0 saturated heterocycles. The molecule has 1 aromatic heterocycles. The van der Waals surface area contributed by atoms with Crippen molar-refractivity contribution < 1.29 is 0 Å². The van der Waals surface area contributed by atoms with E-state index in [0.29, 0.717) is 0 Å². The lowest BCUT2D eigenvalue weighted by molar-refractivity contribution is 0.529. The molecule has 15 heavy (non-hydrogen) atoms. The molecule has 1 fully saturated rings. The Bertz CT molecular complexity index is 354. The van der Waals surface area contributed by atoms with Gasteiger partial charge >= 0.3 is 0 Å². The van der Waals surface area contributed by atoms with Gasteiger partial charge in [0.15, 0.2) is 0 Å². The summed E-state index contributed by atoms with van der Waals surface area (Å²) in [6.45, 7) is 6.27. The molecule has 0 atom stereocenters. The Balaban J connectivity index is 2.19. The average molecular weight is 205 g/mol. The SMILES string of the molecule is Cc1cnc(C)c(NC2(C)CCCC2)n1. The highest BCUT2D eigenvalue weighted by Crippen LogP contribution is 2.32. The quantitative estimate of drug-likeness (QED) is 0.806. The third kappa shape index (κ3) is 2.28. The molecule has 1 aliphatic rings. The molecule has 3 nitrogen and oxygen atoms in total. The molecular formula is C12H19N3. The Morgan fingerprint density at radius 1 is 1.27 bits per heavy atom. The van der Waals surface area contributed by atoms with Crippen LogP contribution in [0.3, 0.4) is 0 Å². The molecule has 0 radical (unpaired) electrons. The lowest BCUT2D eigenvalue weighted by Gasteiger charge is -2.26. The van der Waals surface area contributed by atoms with Crippen molar-refractivity contribution in [1.29, 1.82) is 0 Å². The van der Waals surface area contributed by atoms with E-state index in [1.165, 1.54) is 25.7 Å². The molecule has 1 heterocycles. The van der Waals surface area contributed by atoms with Crippen LogP contribution < -0.4 is 5.32 Å². The Kier molecular flexibility index (Phi) is 2.63. The van der Waals surface area contributed by atoms with E-state index in [9.17, 15) is 0 Å². The average Bonchev–Trinajstić information content (AvgIpc) is 2.59. The van der Waals surface area contributed by atoms with E-state index in [-0.39, 0.29) is 5.54 Å². The number of aryl methyl sites for hydroxylation is 2. The molecule has 82 valence electrons. The number of rotatable bonds is 2. The van der Waals surface area contributed by atoms with Crippen molar-refractivity contribution in [3.63, 3.8) is 0 Å². The van der Waals surface area contributed by atoms with E-state index in [4.69, 9.17) is 0 Å². The van der Waals surface area contributed by atoms with Crippen molar-refractivity contribution >= 4 is 5.82 Å². The van der Waals surface area contributed by atoms with Gasteiger partial charge in [-0.05, 0) is 33.6 Å². The number of aromatic nitrogens is 2. The van der Waals surface area contributed by atoms with Gasteiger partial charge in [0, 0.05) is 11.7 Å². The van der Waals surface area contributed by atoms with Crippen LogP contribution >= 0.6 is 0 Å². The van der Waals surface area contributed by atoms with E-state index in [0.717, 1.165) is 17.2 Å². The molecule has 3 heteroatoms. The summed E-state index contributed by atoms with van der Waals surface area (Å²) in [7, 11) is 0. The van der Waals surface area contributed by atoms with E-state index < -0.39 is 0 Å². The van der Waals surface area contributed by atoms with Crippen LogP contribution in [0.1, 0.15) is 44.0 Å². The molecule has 0 aromatic carbocycles. The highest BCUT2D eigenvalue weighted by molar-refractivity contribution is 5.42. The Hall–Kier alpha value is -1.12. The number of nitrogens with one attached hydrogen (secondary N) is 1. The van der Waals surface area contributed by atoms with Gasteiger partial charge in [0.2, 0.25) is 0 Å². The minimum Gasteiger partial charge on any atom is -0.363 e. The minimum atomic E-state index is 0.229. The standard InChI is InChI=1S/C12H19N3/c1-9-8-13-10(2)11(14-9)15-12(3)6-4-5-7-12/h8H,4-7H2,1-3H3,(H,14,15). The van der Waals surface area contributed by atoms with Gasteiger partial charge in [-0.15, -0.1) is 0 Å². The van der Waals surface area contributed by atoms with Crippen LogP contribution in [-0.4, -0.2) is 15.5 Å². The summed E-state index contributed by atoms with van der Waals surface area (Å²) in [6, 6.07) is 0. The fourth-order valence-corrected chi connectivity index (χ4v) is 2.22. The fraction of sp³-hybridized carbons (Fsp3) is 0.667. The third-order valence-corrected chi connectivity index (χ3v) is 3.20. The lowest BCUT2D eigenvalue weighted by atomic mass is 10.0. The van der Waals surface area contributed by atoms with E-state index in [2.05, 4.69) is 22.2 Å². The summed E-state index contributed by atoms with van der Waals surface area (Å²) in [6.07, 6.45) is 6.94. The zero-order chi connectivity index (χ0) is 10.9. The first-order valence-corrected chi connectivity index (χ1v) is 5.67. The van der Waals surface area contributed by atoms with Crippen LogP contribution in [0.4, 0.5) is 5.82 Å². The monoisotopic (exact) mass is 205 g/mol. The second-order valence-corrected chi connectivity index (χ2v) is 4.84. The summed E-state index contributed by atoms with van der Waals surface area (Å²) in [5.74, 6) is 0.958. The predicted molar refractivity (Wildman–Crippen MR) is 62.0 cm³/mol. The number of nitrogens with zero attached hydrogens (tertiary/aromatic N) is 2. The van der Waals surface area contributed by atoms with Gasteiger partial charge in [-0.3, -0.25) is 4.98 Å². The third-order valence-electron chi connectivity index (χ3n) is 3.20. The molecule has 0 aliphatic heterocycles. The van der Waals surface area contributed by atoms with Crippen molar-refractivity contribution in [3.05, 3.63) is 17.6 Å². The zero-order valence-electron chi connectivity index (χ0n) is 9.80. The first-order valence-electron chi connectivity index (χ1n) is 5.67. The Morgan fingerprint density at radius 3 is 2.60 bits per heavy atom. The fourth-order valence-electron chi connectivity index (χ4n) is 2.22. The number of anilines is 1. The highest BCUT2D eigenvalue weighted by Gasteiger charge is 2.29. The summed E-state index contributed by atoms with van der Waals surface area (Å²) in [4.78, 5) is 8.83. The second-order valence-electron chi connectivity index (χ2n) is 4.84. The predicted octanol–water partition coefficient (Wildman–Crippen LogP) is 2.84. The molecular weight excluding hydrogens is 186 g/mol. The van der Waals surface area contributed by atoms with Crippen LogP contribution in [0.25, 0.3) is 0 Å². The molecule has 2 rings (SSSR count). The molecule has 1 aliphatic carbocycles. The maximum absolute atomic E-state index is 4.51. The normalized spacial score (nSPS) is 19.1. The van der Waals surface area contributed by atoms with E-state index in [1.54, 1.807) is 0 Å². The molecule has 1 N–H and O–H groups in total. The van der Waals surface area contributed by atoms with Crippen LogP contribution in [0.2, 0.25) is 0 Å². The summed E-state index contributed by atoms with van der Waals surface area (Å²) in [5, 5.41) is 3.55. The van der Waals surface area contributed by atoms with Gasteiger partial charge in [-0.25, -0.2) is 4.98 Å². The molecule has 0 amide bonds. The van der Waals surface area contributed by atoms with Crippen LogP contribution in [0.15, 0.2) is 6.20 Å². The molecule has 0 spiro atoms. The van der Waals surface area contributed by atoms with Gasteiger partial charge < -0.3 is 5.32 Å². The largest absolute Gasteiger partial charge is 0.363 e. The van der Waals surface area contributed by atoms with E-state index >= 15 is 0 Å². The van der Waals surface area contributed by atoms with Crippen molar-refractivity contribution in [3.8, 4) is 0 Å². The lowest BCUT2D eigenvalue weighted by Crippen LogP contribution is -2.31. The summed E-state index contributed by atoms with van der Waals surface area (Å²) in [5.41, 5.74) is 2.20. The van der Waals surface area contributed by atoms with Gasteiger partial charge in [0.25, 0.3) is 0 Å². The van der Waals surface area contributed by atoms with Gasteiger partial charge in [-0.1, -0.05) is 12.8 Å². The van der Waals surface area contributed by atoms with Crippen LogP contribution in [-0.2, 0) is 0 Å². The van der Waals surface area contributed by atoms with Crippen LogP contribution in [0.5, 0.6) is 0 Å². The van der Waals surface area contributed by atoms with Crippen molar-refractivity contribution in [2.24, 2.45) is 0 Å². The summed E-state index contributed by atoms with van der Waals surface area (Å²) >= 11 is 0.